The first-order valence-electron chi connectivity index (χ1n) is 21.0. The molecule has 0 nitrogen and oxygen atoms in total. The molecule has 2 aliphatic rings. The number of hydrogen-bond donors (Lipinski definition) is 0. The second kappa shape index (κ2) is 18.1. The molecule has 0 aliphatic heterocycles. The summed E-state index contributed by atoms with van der Waals surface area (Å²) in [6.07, 6.45) is 8.04. The van der Waals surface area contributed by atoms with Gasteiger partial charge in [-0.15, -0.1) is 0 Å². The van der Waals surface area contributed by atoms with Gasteiger partial charge in [-0.25, -0.2) is 0 Å². The van der Waals surface area contributed by atoms with Crippen molar-refractivity contribution in [3.63, 3.8) is 0 Å². The van der Waals surface area contributed by atoms with E-state index in [0.29, 0.717) is 0 Å². The zero-order chi connectivity index (χ0) is 39.2. The van der Waals surface area contributed by atoms with E-state index < -0.39 is 16.1 Å². The number of hydrogen-bond acceptors (Lipinski definition) is 0. The summed E-state index contributed by atoms with van der Waals surface area (Å²) >= 11 is 1.49. The largest absolute Gasteiger partial charge is 1.00 e. The number of benzene rings is 4. The van der Waals surface area contributed by atoms with Crippen LogP contribution in [-0.2, 0) is 35.5 Å². The molecule has 0 unspecified atom stereocenters. The molecule has 295 valence electrons. The molecule has 56 heavy (non-hydrogen) atoms. The molecule has 6 rings (SSSR count). The Kier molecular flexibility index (Phi) is 15.1. The molecule has 0 saturated heterocycles. The van der Waals surface area contributed by atoms with Crippen molar-refractivity contribution in [2.24, 2.45) is 0 Å². The normalized spacial score (nSPS) is 13.9. The Morgan fingerprint density at radius 2 is 1.05 bits per heavy atom. The van der Waals surface area contributed by atoms with Gasteiger partial charge in [-0.3, -0.25) is 0 Å². The summed E-state index contributed by atoms with van der Waals surface area (Å²) in [5.74, 6) is 0. The molecule has 0 spiro atoms. The van der Waals surface area contributed by atoms with Crippen LogP contribution in [0.5, 0.6) is 0 Å². The van der Waals surface area contributed by atoms with Gasteiger partial charge in [0.05, 0.1) is 0 Å². The smallest absolute Gasteiger partial charge is 1.00 e. The minimum absolute atomic E-state index is 0. The van der Waals surface area contributed by atoms with Crippen molar-refractivity contribution in [2.45, 2.75) is 137 Å². The molecule has 4 aromatic rings. The third-order valence-electron chi connectivity index (χ3n) is 13.8. The van der Waals surface area contributed by atoms with Gasteiger partial charge in [0.15, 0.2) is 0 Å². The fourth-order valence-corrected chi connectivity index (χ4v) is 18.4. The van der Waals surface area contributed by atoms with E-state index in [1.807, 2.05) is 0 Å². The van der Waals surface area contributed by atoms with E-state index in [9.17, 15) is 0 Å². The van der Waals surface area contributed by atoms with Crippen LogP contribution in [0, 0.1) is 10.4 Å². The summed E-state index contributed by atoms with van der Waals surface area (Å²) in [6.45, 7) is 29.0. The van der Waals surface area contributed by atoms with Crippen molar-refractivity contribution in [3.05, 3.63) is 145 Å². The van der Waals surface area contributed by atoms with Gasteiger partial charge in [0.1, 0.15) is 0 Å². The van der Waals surface area contributed by atoms with Gasteiger partial charge in [-0.05, 0) is 0 Å². The molecule has 0 amide bonds. The summed E-state index contributed by atoms with van der Waals surface area (Å²) in [6, 6.07) is 37.6. The molecule has 0 aromatic heterocycles. The Morgan fingerprint density at radius 3 is 1.45 bits per heavy atom. The topological polar surface area (TPSA) is 0 Å². The molecule has 2 aliphatic carbocycles. The van der Waals surface area contributed by atoms with Crippen LogP contribution in [0.25, 0.3) is 14.4 Å². The second-order valence-corrected chi connectivity index (χ2v) is 30.0. The summed E-state index contributed by atoms with van der Waals surface area (Å²) < 4.78 is 1.52. The van der Waals surface area contributed by atoms with Crippen molar-refractivity contribution in [2.75, 3.05) is 0 Å². The van der Waals surface area contributed by atoms with Crippen molar-refractivity contribution in [1.82, 2.24) is 0 Å². The minimum atomic E-state index is -1.53. The summed E-state index contributed by atoms with van der Waals surface area (Å²) in [7, 11) is -3.05. The van der Waals surface area contributed by atoms with Crippen LogP contribution in [0.3, 0.4) is 0 Å². The molecule has 0 fully saturated rings. The Morgan fingerprint density at radius 1 is 0.589 bits per heavy atom. The predicted octanol–water partition coefficient (Wildman–Crippen LogP) is 5.61. The molecule has 5 heteroatoms. The monoisotopic (exact) mass is 893 g/mol. The van der Waals surface area contributed by atoms with Crippen LogP contribution in [0.2, 0.25) is 36.3 Å². The van der Waals surface area contributed by atoms with Crippen molar-refractivity contribution >= 4 is 40.9 Å². The molecule has 0 radical (unpaired) electrons. The van der Waals surface area contributed by atoms with E-state index >= 15 is 0 Å². The fourth-order valence-electron chi connectivity index (χ4n) is 9.92. The maximum Gasteiger partial charge on any atom is -1.00 e. The maximum atomic E-state index is 2.62. The van der Waals surface area contributed by atoms with E-state index in [-0.39, 0.29) is 35.6 Å². The van der Waals surface area contributed by atoms with Gasteiger partial charge in [-0.1, -0.05) is 0 Å². The number of fused-ring (bicyclic) bond motifs is 2. The second-order valence-electron chi connectivity index (χ2n) is 18.2. The third kappa shape index (κ3) is 8.13. The minimum Gasteiger partial charge on any atom is -1.00 e. The first kappa shape index (κ1) is 46.7. The number of allylic oxidation sites excluding steroid dienone is 4. The summed E-state index contributed by atoms with van der Waals surface area (Å²) in [5, 5.41) is 9.01. The zero-order valence-corrected chi connectivity index (χ0v) is 42.3. The van der Waals surface area contributed by atoms with Crippen LogP contribution >= 0.6 is 0 Å². The fraction of sp³-hybridized carbons (Fsp3) is 0.412. The number of rotatable bonds is 11. The van der Waals surface area contributed by atoms with Crippen molar-refractivity contribution in [3.8, 4) is 0 Å². The van der Waals surface area contributed by atoms with Gasteiger partial charge in [0.25, 0.3) is 0 Å². The molecule has 0 saturated carbocycles. The van der Waals surface area contributed by atoms with Gasteiger partial charge >= 0.3 is 348 Å². The first-order chi connectivity index (χ1) is 25.6. The molecule has 0 N–H and O–H groups in total. The Balaban J connectivity index is 0.00000348. The quantitative estimate of drug-likeness (QED) is 0.172. The maximum absolute atomic E-state index is 2.62. The Labute approximate surface area is 369 Å². The van der Waals surface area contributed by atoms with Crippen LogP contribution in [0.1, 0.15) is 123 Å². The van der Waals surface area contributed by atoms with Gasteiger partial charge < -0.3 is 24.8 Å². The van der Waals surface area contributed by atoms with E-state index in [2.05, 4.69) is 174 Å². The van der Waals surface area contributed by atoms with Gasteiger partial charge in [-0.2, -0.15) is 0 Å². The van der Waals surface area contributed by atoms with E-state index in [1.165, 1.54) is 130 Å². The summed E-state index contributed by atoms with van der Waals surface area (Å²) in [4.78, 5) is 0. The molecular weight excluding hydrogens is 831 g/mol. The third-order valence-corrected chi connectivity index (χ3v) is 26.2. The number of halogens is 2. The Hall–Kier alpha value is -2.00. The van der Waals surface area contributed by atoms with Crippen LogP contribution in [-0.4, -0.2) is 16.1 Å². The molecule has 0 atom stereocenters. The van der Waals surface area contributed by atoms with Crippen LogP contribution < -0.4 is 45.6 Å². The summed E-state index contributed by atoms with van der Waals surface area (Å²) in [5.41, 5.74) is 11.4. The first-order valence-corrected chi connectivity index (χ1v) is 27.5. The average Bonchev–Trinajstić information content (AvgIpc) is 3.80. The SMILES string of the molecule is CC[Si](CC)(CC)c1ccc(C(c2ccc([Si](CC)(CC)CC)cc2)=c2c(C(C)(C)C)cc3c(c2C2=CC=CC2)[C]([Zr+2])=c2c(C(C)(C)C)cccc2=3)cc1.[Cl-].[Cl-]. The van der Waals surface area contributed by atoms with Crippen LogP contribution in [0.4, 0.5) is 0 Å². The van der Waals surface area contributed by atoms with Crippen LogP contribution in [0.15, 0.2) is 91.0 Å². The van der Waals surface area contributed by atoms with Gasteiger partial charge in [0, 0.05) is 0 Å². The van der Waals surface area contributed by atoms with E-state index in [1.54, 1.807) is 10.4 Å². The molecule has 4 aromatic carbocycles. The predicted molar refractivity (Wildman–Crippen MR) is 240 cm³/mol. The standard InChI is InChI=1S/C51H65Si2.2ClH.Zr/c1-13-52(14-2,15-3)39-30-26-37(27-31-39)47(38-28-32-40(33-29-38)53(16-4,17-5)18-6)49-46(51(10,11)12)35-42-41-24-21-25-45(50(7,8)9)43(41)34-44(42)48(49)36-22-19-20-23-36;;;/h19-22,24-33,35H,13-18,23H2,1-12H3;2*1H;/q;;;+2/p-2. The Bertz CT molecular complexity index is 2250. The molecule has 0 heterocycles. The zero-order valence-electron chi connectivity index (χ0n) is 36.4. The van der Waals surface area contributed by atoms with Crippen molar-refractivity contribution < 1.29 is 49.5 Å². The molecular formula is C51H65Cl2Si2Zr. The van der Waals surface area contributed by atoms with Crippen molar-refractivity contribution in [1.29, 1.82) is 0 Å². The molecule has 0 bridgehead atoms. The van der Waals surface area contributed by atoms with Gasteiger partial charge in [0.2, 0.25) is 0 Å². The average molecular weight is 896 g/mol. The van der Waals surface area contributed by atoms with E-state index in [4.69, 9.17) is 0 Å². The van der Waals surface area contributed by atoms with E-state index in [0.717, 1.165) is 6.42 Å².